The van der Waals surface area contributed by atoms with Crippen LogP contribution in [-0.2, 0) is 11.2 Å². The summed E-state index contributed by atoms with van der Waals surface area (Å²) in [6.07, 6.45) is 0.0828. The maximum absolute atomic E-state index is 12.8. The number of benzene rings is 2. The highest BCUT2D eigenvalue weighted by Crippen LogP contribution is 2.25. The standard InChI is InChI=1S/C21H19N3O6/c1-30-18-9-5-14(6-10-18)19-11-7-16(8-12-20(25)26)23(19)22-21(27)15-3-2-4-17(13-15)24(28)29/h2-7,9-11,13H,8,12H2,1H3,(H,22,27)(H,25,26). The molecule has 0 aliphatic carbocycles. The Labute approximate surface area is 171 Å². The summed E-state index contributed by atoms with van der Waals surface area (Å²) in [6.45, 7) is 0. The molecule has 0 spiro atoms. The first kappa shape index (κ1) is 20.6. The molecule has 9 nitrogen and oxygen atoms in total. The van der Waals surface area contributed by atoms with Crippen molar-refractivity contribution in [2.45, 2.75) is 12.8 Å². The number of nitro benzene ring substituents is 1. The molecular weight excluding hydrogens is 390 g/mol. The van der Waals surface area contributed by atoms with Crippen LogP contribution in [0.15, 0.2) is 60.7 Å². The number of nitrogens with one attached hydrogen (secondary N) is 1. The molecule has 9 heteroatoms. The molecule has 0 saturated carbocycles. The monoisotopic (exact) mass is 409 g/mol. The summed E-state index contributed by atoms with van der Waals surface area (Å²) >= 11 is 0. The quantitative estimate of drug-likeness (QED) is 0.434. The van der Waals surface area contributed by atoms with Gasteiger partial charge in [0, 0.05) is 35.4 Å². The first-order valence-electron chi connectivity index (χ1n) is 9.01. The molecule has 1 heterocycles. The van der Waals surface area contributed by atoms with E-state index in [9.17, 15) is 19.7 Å². The first-order valence-corrected chi connectivity index (χ1v) is 9.01. The van der Waals surface area contributed by atoms with Crippen molar-refractivity contribution in [2.24, 2.45) is 0 Å². The fraction of sp³-hybridized carbons (Fsp3) is 0.143. The number of carboxylic acids is 1. The Morgan fingerprint density at radius 2 is 1.87 bits per heavy atom. The predicted octanol–water partition coefficient (Wildman–Crippen LogP) is 3.47. The summed E-state index contributed by atoms with van der Waals surface area (Å²) in [4.78, 5) is 34.2. The number of amides is 1. The minimum atomic E-state index is -0.959. The van der Waals surface area contributed by atoms with Gasteiger partial charge in [-0.2, -0.15) is 0 Å². The van der Waals surface area contributed by atoms with Crippen LogP contribution in [0.4, 0.5) is 5.69 Å². The highest BCUT2D eigenvalue weighted by atomic mass is 16.6. The van der Waals surface area contributed by atoms with Crippen LogP contribution in [0.3, 0.4) is 0 Å². The lowest BCUT2D eigenvalue weighted by atomic mass is 10.1. The fourth-order valence-corrected chi connectivity index (χ4v) is 2.95. The van der Waals surface area contributed by atoms with Gasteiger partial charge in [-0.05, 0) is 42.5 Å². The van der Waals surface area contributed by atoms with Crippen molar-refractivity contribution >= 4 is 17.6 Å². The molecule has 0 saturated heterocycles. The number of nitrogens with zero attached hydrogens (tertiary/aromatic N) is 2. The first-order chi connectivity index (χ1) is 14.4. The molecule has 0 radical (unpaired) electrons. The third-order valence-electron chi connectivity index (χ3n) is 4.48. The van der Waals surface area contributed by atoms with Gasteiger partial charge in [-0.15, -0.1) is 0 Å². The van der Waals surface area contributed by atoms with E-state index in [2.05, 4.69) is 5.43 Å². The van der Waals surface area contributed by atoms with Crippen LogP contribution in [0.25, 0.3) is 11.3 Å². The lowest BCUT2D eigenvalue weighted by molar-refractivity contribution is -0.384. The van der Waals surface area contributed by atoms with E-state index in [4.69, 9.17) is 9.84 Å². The molecule has 154 valence electrons. The van der Waals surface area contributed by atoms with Crippen LogP contribution in [0.2, 0.25) is 0 Å². The molecule has 3 aromatic rings. The van der Waals surface area contributed by atoms with Gasteiger partial charge in [0.2, 0.25) is 0 Å². The molecule has 0 atom stereocenters. The fourth-order valence-electron chi connectivity index (χ4n) is 2.95. The largest absolute Gasteiger partial charge is 0.497 e. The number of aliphatic carboxylic acids is 1. The van der Waals surface area contributed by atoms with E-state index in [0.29, 0.717) is 17.1 Å². The van der Waals surface area contributed by atoms with Gasteiger partial charge in [0.15, 0.2) is 0 Å². The Bertz CT molecular complexity index is 1090. The maximum atomic E-state index is 12.8. The lowest BCUT2D eigenvalue weighted by Gasteiger charge is -2.15. The zero-order valence-electron chi connectivity index (χ0n) is 16.1. The van der Waals surface area contributed by atoms with E-state index >= 15 is 0 Å². The molecule has 1 amide bonds. The van der Waals surface area contributed by atoms with Gasteiger partial charge in [0.05, 0.1) is 24.1 Å². The average Bonchev–Trinajstić information content (AvgIpc) is 3.14. The van der Waals surface area contributed by atoms with E-state index in [0.717, 1.165) is 5.56 Å². The van der Waals surface area contributed by atoms with E-state index in [-0.39, 0.29) is 24.1 Å². The summed E-state index contributed by atoms with van der Waals surface area (Å²) in [7, 11) is 1.56. The van der Waals surface area contributed by atoms with Gasteiger partial charge < -0.3 is 9.84 Å². The third-order valence-corrected chi connectivity index (χ3v) is 4.48. The number of aryl methyl sites for hydroxylation is 1. The normalized spacial score (nSPS) is 10.4. The minimum absolute atomic E-state index is 0.112. The van der Waals surface area contributed by atoms with Gasteiger partial charge >= 0.3 is 5.97 Å². The van der Waals surface area contributed by atoms with E-state index < -0.39 is 16.8 Å². The molecule has 2 N–H and O–H groups in total. The number of carboxylic acid groups (broad SMARTS) is 1. The van der Waals surface area contributed by atoms with Crippen LogP contribution in [0, 0.1) is 10.1 Å². The molecule has 0 aliphatic rings. The number of methoxy groups -OCH3 is 1. The van der Waals surface area contributed by atoms with Crippen molar-refractivity contribution in [1.82, 2.24) is 4.68 Å². The average molecular weight is 409 g/mol. The van der Waals surface area contributed by atoms with Crippen molar-refractivity contribution in [1.29, 1.82) is 0 Å². The molecule has 2 aromatic carbocycles. The molecule has 0 unspecified atom stereocenters. The van der Waals surface area contributed by atoms with Crippen molar-refractivity contribution in [3.05, 3.63) is 82.0 Å². The smallest absolute Gasteiger partial charge is 0.303 e. The van der Waals surface area contributed by atoms with Crippen molar-refractivity contribution in [3.8, 4) is 17.0 Å². The molecule has 30 heavy (non-hydrogen) atoms. The van der Waals surface area contributed by atoms with Gasteiger partial charge in [-0.25, -0.2) is 0 Å². The Morgan fingerprint density at radius 3 is 2.50 bits per heavy atom. The number of non-ortho nitro benzene ring substituents is 1. The number of hydrogen-bond acceptors (Lipinski definition) is 5. The van der Waals surface area contributed by atoms with Crippen molar-refractivity contribution < 1.29 is 24.4 Å². The number of aromatic nitrogens is 1. The van der Waals surface area contributed by atoms with E-state index in [1.165, 1.54) is 28.9 Å². The van der Waals surface area contributed by atoms with Gasteiger partial charge in [0.25, 0.3) is 11.6 Å². The number of nitro groups is 1. The Hall–Kier alpha value is -4.14. The second-order valence-corrected chi connectivity index (χ2v) is 6.42. The Morgan fingerprint density at radius 1 is 1.13 bits per heavy atom. The topological polar surface area (TPSA) is 124 Å². The van der Waals surface area contributed by atoms with E-state index in [1.54, 1.807) is 31.4 Å². The summed E-state index contributed by atoms with van der Waals surface area (Å²) in [5.41, 5.74) is 4.64. The third kappa shape index (κ3) is 4.64. The van der Waals surface area contributed by atoms with Gasteiger partial charge in [-0.1, -0.05) is 6.07 Å². The van der Waals surface area contributed by atoms with Crippen LogP contribution in [0.5, 0.6) is 5.75 Å². The molecule has 3 rings (SSSR count). The summed E-state index contributed by atoms with van der Waals surface area (Å²) < 4.78 is 6.67. The van der Waals surface area contributed by atoms with E-state index in [1.807, 2.05) is 12.1 Å². The second-order valence-electron chi connectivity index (χ2n) is 6.42. The number of rotatable bonds is 8. The number of ether oxygens (including phenoxy) is 1. The molecule has 0 aliphatic heterocycles. The summed E-state index contributed by atoms with van der Waals surface area (Å²) in [5, 5.41) is 20.0. The summed E-state index contributed by atoms with van der Waals surface area (Å²) in [5.74, 6) is -0.844. The molecule has 0 fully saturated rings. The zero-order chi connectivity index (χ0) is 21.7. The Balaban J connectivity index is 1.96. The SMILES string of the molecule is COc1ccc(-c2ccc(CCC(=O)O)n2NC(=O)c2cccc([N+](=O)[O-])c2)cc1. The number of carbonyl (C=O) groups excluding carboxylic acids is 1. The van der Waals surface area contributed by atoms with Crippen molar-refractivity contribution in [2.75, 3.05) is 12.5 Å². The van der Waals surface area contributed by atoms with Crippen LogP contribution < -0.4 is 10.2 Å². The highest BCUT2D eigenvalue weighted by molar-refractivity contribution is 6.00. The maximum Gasteiger partial charge on any atom is 0.303 e. The predicted molar refractivity (Wildman–Crippen MR) is 109 cm³/mol. The van der Waals surface area contributed by atoms with Crippen LogP contribution >= 0.6 is 0 Å². The zero-order valence-corrected chi connectivity index (χ0v) is 16.1. The molecule has 1 aromatic heterocycles. The Kier molecular flexibility index (Phi) is 6.11. The van der Waals surface area contributed by atoms with Crippen LogP contribution in [0.1, 0.15) is 22.5 Å². The minimum Gasteiger partial charge on any atom is -0.497 e. The van der Waals surface area contributed by atoms with Crippen molar-refractivity contribution in [3.63, 3.8) is 0 Å². The highest BCUT2D eigenvalue weighted by Gasteiger charge is 2.17. The van der Waals surface area contributed by atoms with Crippen LogP contribution in [-0.4, -0.2) is 33.7 Å². The summed E-state index contributed by atoms with van der Waals surface area (Å²) in [6, 6.07) is 16.0. The molecular formula is C21H19N3O6. The lowest BCUT2D eigenvalue weighted by Crippen LogP contribution is -2.25. The van der Waals surface area contributed by atoms with Gasteiger partial charge in [0.1, 0.15) is 5.75 Å². The number of hydrogen-bond donors (Lipinski definition) is 2. The van der Waals surface area contributed by atoms with Gasteiger partial charge in [-0.3, -0.25) is 29.8 Å². The molecule has 0 bridgehead atoms. The second kappa shape index (κ2) is 8.91. The number of carbonyl (C=O) groups is 2.